The molecule has 1 atom stereocenters. The molecule has 0 fully saturated rings. The maximum Gasteiger partial charge on any atom is 0.272 e. The van der Waals surface area contributed by atoms with Crippen molar-refractivity contribution in [3.05, 3.63) is 64.1 Å². The van der Waals surface area contributed by atoms with Crippen LogP contribution < -0.4 is 10.9 Å². The molecule has 0 radical (unpaired) electrons. The molecule has 116 valence electrons. The normalized spacial score (nSPS) is 12.2. The number of aromatic nitrogens is 2. The van der Waals surface area contributed by atoms with Crippen molar-refractivity contribution in [2.45, 2.75) is 33.4 Å². The monoisotopic (exact) mass is 299 g/mol. The third-order valence-corrected chi connectivity index (χ3v) is 3.28. The Labute approximate surface area is 130 Å². The topological polar surface area (TPSA) is 64.0 Å². The third kappa shape index (κ3) is 4.04. The smallest absolute Gasteiger partial charge is 0.272 e. The summed E-state index contributed by atoms with van der Waals surface area (Å²) in [5, 5.41) is 7.05. The van der Waals surface area contributed by atoms with Gasteiger partial charge in [-0.2, -0.15) is 5.10 Å². The van der Waals surface area contributed by atoms with Crippen molar-refractivity contribution in [3.63, 3.8) is 0 Å². The van der Waals surface area contributed by atoms with Crippen LogP contribution in [0.25, 0.3) is 0 Å². The van der Waals surface area contributed by atoms with Gasteiger partial charge in [0.05, 0.1) is 6.04 Å². The number of carbonyl (C=O) groups excluding carboxylic acids is 1. The van der Waals surface area contributed by atoms with Gasteiger partial charge < -0.3 is 5.32 Å². The molecular weight excluding hydrogens is 278 g/mol. The largest absolute Gasteiger partial charge is 0.344 e. The molecule has 2 rings (SSSR count). The minimum Gasteiger partial charge on any atom is -0.344 e. The average Bonchev–Trinajstić information content (AvgIpc) is 2.49. The zero-order chi connectivity index (χ0) is 16.1. The quantitative estimate of drug-likeness (QED) is 0.922. The minimum atomic E-state index is -0.283. The molecule has 1 heterocycles. The van der Waals surface area contributed by atoms with Crippen LogP contribution in [0.3, 0.4) is 0 Å². The van der Waals surface area contributed by atoms with Crippen LogP contribution in [-0.2, 0) is 6.54 Å². The summed E-state index contributed by atoms with van der Waals surface area (Å²) in [5.74, 6) is 0.000567. The van der Waals surface area contributed by atoms with Gasteiger partial charge in [0, 0.05) is 12.6 Å². The van der Waals surface area contributed by atoms with Gasteiger partial charge in [0.2, 0.25) is 0 Å². The van der Waals surface area contributed by atoms with Crippen molar-refractivity contribution in [3.8, 4) is 0 Å². The maximum absolute atomic E-state index is 12.3. The zero-order valence-corrected chi connectivity index (χ0v) is 13.1. The molecule has 0 saturated heterocycles. The summed E-state index contributed by atoms with van der Waals surface area (Å²) in [6.07, 6.45) is 0. The lowest BCUT2D eigenvalue weighted by Crippen LogP contribution is -2.31. The molecule has 1 amide bonds. The summed E-state index contributed by atoms with van der Waals surface area (Å²) in [5.41, 5.74) is 1.08. The Kier molecular flexibility index (Phi) is 5.09. The van der Waals surface area contributed by atoms with E-state index in [1.807, 2.05) is 51.1 Å². The third-order valence-electron chi connectivity index (χ3n) is 3.28. The highest BCUT2D eigenvalue weighted by molar-refractivity contribution is 5.92. The molecule has 0 aliphatic rings. The van der Waals surface area contributed by atoms with Crippen LogP contribution in [0, 0.1) is 5.92 Å². The van der Waals surface area contributed by atoms with Crippen LogP contribution in [0.2, 0.25) is 0 Å². The van der Waals surface area contributed by atoms with Gasteiger partial charge in [-0.15, -0.1) is 0 Å². The predicted octanol–water partition coefficient (Wildman–Crippen LogP) is 2.39. The lowest BCUT2D eigenvalue weighted by molar-refractivity contribution is 0.0932. The Bertz CT molecular complexity index is 693. The van der Waals surface area contributed by atoms with Crippen LogP contribution in [0.1, 0.15) is 42.9 Å². The Hall–Kier alpha value is -2.43. The average molecular weight is 299 g/mol. The van der Waals surface area contributed by atoms with Gasteiger partial charge in [-0.05, 0) is 24.5 Å². The first-order valence-electron chi connectivity index (χ1n) is 7.41. The predicted molar refractivity (Wildman–Crippen MR) is 85.7 cm³/mol. The number of carbonyl (C=O) groups is 1. The van der Waals surface area contributed by atoms with E-state index in [4.69, 9.17) is 0 Å². The summed E-state index contributed by atoms with van der Waals surface area (Å²) in [6.45, 7) is 6.41. The van der Waals surface area contributed by atoms with Crippen molar-refractivity contribution in [2.75, 3.05) is 0 Å². The van der Waals surface area contributed by atoms with E-state index < -0.39 is 0 Å². The molecule has 5 nitrogen and oxygen atoms in total. The summed E-state index contributed by atoms with van der Waals surface area (Å²) in [4.78, 5) is 24.0. The lowest BCUT2D eigenvalue weighted by atomic mass is 10.1. The SMILES string of the molecule is CC(C)Cn1nc(C(=O)NC(C)c2ccccc2)ccc1=O. The van der Waals surface area contributed by atoms with Gasteiger partial charge in [-0.3, -0.25) is 9.59 Å². The number of hydrogen-bond acceptors (Lipinski definition) is 3. The molecular formula is C17H21N3O2. The van der Waals surface area contributed by atoms with Crippen molar-refractivity contribution in [1.82, 2.24) is 15.1 Å². The first kappa shape index (κ1) is 15.9. The number of rotatable bonds is 5. The number of nitrogens with zero attached hydrogens (tertiary/aromatic N) is 2. The Morgan fingerprint density at radius 3 is 2.45 bits per heavy atom. The van der Waals surface area contributed by atoms with E-state index in [1.165, 1.54) is 16.8 Å². The molecule has 1 unspecified atom stereocenters. The lowest BCUT2D eigenvalue weighted by Gasteiger charge is -2.14. The fourth-order valence-electron chi connectivity index (χ4n) is 2.14. The molecule has 1 aromatic heterocycles. The van der Waals surface area contributed by atoms with Crippen LogP contribution in [0.5, 0.6) is 0 Å². The number of benzene rings is 1. The van der Waals surface area contributed by atoms with Crippen molar-refractivity contribution >= 4 is 5.91 Å². The summed E-state index contributed by atoms with van der Waals surface area (Å²) >= 11 is 0. The van der Waals surface area contributed by atoms with Crippen LogP contribution in [0.15, 0.2) is 47.3 Å². The van der Waals surface area contributed by atoms with Gasteiger partial charge in [-0.1, -0.05) is 44.2 Å². The second-order valence-electron chi connectivity index (χ2n) is 5.74. The molecule has 5 heteroatoms. The van der Waals surface area contributed by atoms with Gasteiger partial charge in [0.25, 0.3) is 11.5 Å². The molecule has 0 aliphatic carbocycles. The summed E-state index contributed by atoms with van der Waals surface area (Å²) in [6, 6.07) is 12.4. The van der Waals surface area contributed by atoms with Gasteiger partial charge in [0.15, 0.2) is 0 Å². The van der Waals surface area contributed by atoms with E-state index in [1.54, 1.807) is 0 Å². The van der Waals surface area contributed by atoms with E-state index in [2.05, 4.69) is 10.4 Å². The second kappa shape index (κ2) is 7.02. The summed E-state index contributed by atoms with van der Waals surface area (Å²) in [7, 11) is 0. The Morgan fingerprint density at radius 1 is 1.14 bits per heavy atom. The number of amides is 1. The Balaban J connectivity index is 2.14. The van der Waals surface area contributed by atoms with Crippen LogP contribution in [-0.4, -0.2) is 15.7 Å². The maximum atomic E-state index is 12.3. The standard InChI is InChI=1S/C17H21N3O2/c1-12(2)11-20-16(21)10-9-15(19-20)17(22)18-13(3)14-7-5-4-6-8-14/h4-10,12-13H,11H2,1-3H3,(H,18,22). The number of hydrogen-bond donors (Lipinski definition) is 1. The van der Waals surface area contributed by atoms with E-state index in [0.717, 1.165) is 5.56 Å². The Morgan fingerprint density at radius 2 is 1.82 bits per heavy atom. The summed E-state index contributed by atoms with van der Waals surface area (Å²) < 4.78 is 1.34. The highest BCUT2D eigenvalue weighted by atomic mass is 16.2. The molecule has 0 spiro atoms. The minimum absolute atomic E-state index is 0.124. The van der Waals surface area contributed by atoms with E-state index in [-0.39, 0.29) is 29.1 Å². The molecule has 22 heavy (non-hydrogen) atoms. The molecule has 0 aliphatic heterocycles. The first-order valence-corrected chi connectivity index (χ1v) is 7.41. The highest BCUT2D eigenvalue weighted by Gasteiger charge is 2.14. The molecule has 0 bridgehead atoms. The molecule has 0 saturated carbocycles. The second-order valence-corrected chi connectivity index (χ2v) is 5.74. The van der Waals surface area contributed by atoms with Gasteiger partial charge in [0.1, 0.15) is 5.69 Å². The van der Waals surface area contributed by atoms with Gasteiger partial charge in [-0.25, -0.2) is 4.68 Å². The van der Waals surface area contributed by atoms with Gasteiger partial charge >= 0.3 is 0 Å². The fourth-order valence-corrected chi connectivity index (χ4v) is 2.14. The van der Waals surface area contributed by atoms with E-state index in [9.17, 15) is 9.59 Å². The van der Waals surface area contributed by atoms with Crippen molar-refractivity contribution < 1.29 is 4.79 Å². The highest BCUT2D eigenvalue weighted by Crippen LogP contribution is 2.11. The molecule has 1 N–H and O–H groups in total. The van der Waals surface area contributed by atoms with Crippen LogP contribution >= 0.6 is 0 Å². The van der Waals surface area contributed by atoms with Crippen molar-refractivity contribution in [2.24, 2.45) is 5.92 Å². The van der Waals surface area contributed by atoms with Crippen molar-refractivity contribution in [1.29, 1.82) is 0 Å². The molecule has 1 aromatic carbocycles. The first-order chi connectivity index (χ1) is 10.5. The number of nitrogens with one attached hydrogen (secondary N) is 1. The zero-order valence-electron chi connectivity index (χ0n) is 13.1. The van der Waals surface area contributed by atoms with Crippen LogP contribution in [0.4, 0.5) is 0 Å². The fraction of sp³-hybridized carbons (Fsp3) is 0.353. The van der Waals surface area contributed by atoms with E-state index in [0.29, 0.717) is 6.54 Å². The van der Waals surface area contributed by atoms with E-state index >= 15 is 0 Å². The molecule has 2 aromatic rings.